The smallest absolute Gasteiger partial charge is 0.326 e. The molecule has 1 aromatic carbocycles. The van der Waals surface area contributed by atoms with Gasteiger partial charge in [0.2, 0.25) is 5.91 Å². The van der Waals surface area contributed by atoms with Crippen LogP contribution >= 0.6 is 0 Å². The fraction of sp³-hybridized carbons (Fsp3) is 0.619. The number of hydrogen-bond donors (Lipinski definition) is 4. The van der Waals surface area contributed by atoms with Crippen LogP contribution in [0.3, 0.4) is 0 Å². The maximum absolute atomic E-state index is 12.7. The van der Waals surface area contributed by atoms with Crippen LogP contribution in [0.2, 0.25) is 0 Å². The van der Waals surface area contributed by atoms with Gasteiger partial charge in [-0.1, -0.05) is 12.1 Å². The predicted molar refractivity (Wildman–Crippen MR) is 100.0 cm³/mol. The molecule has 0 aliphatic heterocycles. The number of carboxylic acids is 1. The van der Waals surface area contributed by atoms with E-state index in [1.54, 1.807) is 24.3 Å². The van der Waals surface area contributed by atoms with E-state index in [2.05, 4.69) is 5.32 Å². The highest BCUT2D eigenvalue weighted by molar-refractivity contribution is 5.87. The van der Waals surface area contributed by atoms with Crippen molar-refractivity contribution in [1.82, 2.24) is 5.32 Å². The van der Waals surface area contributed by atoms with E-state index in [-0.39, 0.29) is 11.2 Å². The molecule has 146 valence electrons. The van der Waals surface area contributed by atoms with Crippen LogP contribution in [0.1, 0.15) is 44.1 Å². The van der Waals surface area contributed by atoms with E-state index in [0.29, 0.717) is 24.2 Å². The summed E-state index contributed by atoms with van der Waals surface area (Å²) in [5, 5.41) is 22.0. The van der Waals surface area contributed by atoms with Gasteiger partial charge in [-0.05, 0) is 80.4 Å². The lowest BCUT2D eigenvalue weighted by Crippen LogP contribution is -2.61. The van der Waals surface area contributed by atoms with Crippen molar-refractivity contribution in [1.29, 1.82) is 0 Å². The summed E-state index contributed by atoms with van der Waals surface area (Å²) < 4.78 is 0. The van der Waals surface area contributed by atoms with Gasteiger partial charge < -0.3 is 21.3 Å². The Morgan fingerprint density at radius 2 is 1.59 bits per heavy atom. The minimum absolute atomic E-state index is 0.157. The fourth-order valence-electron chi connectivity index (χ4n) is 6.24. The van der Waals surface area contributed by atoms with E-state index < -0.39 is 24.0 Å². The van der Waals surface area contributed by atoms with Crippen molar-refractivity contribution in [3.63, 3.8) is 0 Å². The molecule has 5 rings (SSSR count). The first-order valence-corrected chi connectivity index (χ1v) is 9.91. The summed E-state index contributed by atoms with van der Waals surface area (Å²) in [6, 6.07) is 4.87. The van der Waals surface area contributed by atoms with Gasteiger partial charge in [-0.15, -0.1) is 0 Å². The highest BCUT2D eigenvalue weighted by Gasteiger charge is 2.56. The van der Waals surface area contributed by atoms with Crippen molar-refractivity contribution in [3.05, 3.63) is 29.8 Å². The van der Waals surface area contributed by atoms with Gasteiger partial charge in [-0.3, -0.25) is 4.79 Å². The Labute approximate surface area is 159 Å². The van der Waals surface area contributed by atoms with Crippen molar-refractivity contribution in [2.45, 2.75) is 57.0 Å². The number of carboxylic acid groups (broad SMARTS) is 1. The van der Waals surface area contributed by atoms with Crippen LogP contribution in [0.4, 0.5) is 0 Å². The topological polar surface area (TPSA) is 113 Å². The van der Waals surface area contributed by atoms with Gasteiger partial charge in [0.15, 0.2) is 0 Å². The molecule has 4 aliphatic carbocycles. The number of phenolic OH excluding ortho intramolecular Hbond substituents is 1. The standard InChI is InChI=1S/C21H28N2O4/c22-17(8-12-1-3-16(24)4-2-12)19(25)23-18(20(26)27)21-9-13-5-14(10-21)7-15(6-13)11-21/h1-4,13-15,17-18,24H,5-11,22H2,(H,23,25)(H,26,27)/t13?,14?,15?,17-,18-,21?/m0/s1. The number of nitrogens with one attached hydrogen (secondary N) is 1. The lowest BCUT2D eigenvalue weighted by atomic mass is 9.47. The number of phenols is 1. The number of aromatic hydroxyl groups is 1. The maximum Gasteiger partial charge on any atom is 0.326 e. The van der Waals surface area contributed by atoms with Crippen LogP contribution in [0, 0.1) is 23.2 Å². The molecule has 0 radical (unpaired) electrons. The SMILES string of the molecule is N[C@@H](Cc1ccc(O)cc1)C(=O)N[C@@H](C(=O)O)C12CC3CC(CC(C3)C1)C2. The van der Waals surface area contributed by atoms with Gasteiger partial charge in [-0.25, -0.2) is 4.79 Å². The Balaban J connectivity index is 1.46. The summed E-state index contributed by atoms with van der Waals surface area (Å²) >= 11 is 0. The first-order chi connectivity index (χ1) is 12.8. The lowest BCUT2D eigenvalue weighted by molar-refractivity contribution is -0.154. The van der Waals surface area contributed by atoms with E-state index in [0.717, 1.165) is 24.8 Å². The molecule has 1 aromatic rings. The average molecular weight is 372 g/mol. The van der Waals surface area contributed by atoms with E-state index >= 15 is 0 Å². The highest BCUT2D eigenvalue weighted by atomic mass is 16.4. The number of hydrogen-bond acceptors (Lipinski definition) is 4. The van der Waals surface area contributed by atoms with Gasteiger partial charge in [0.1, 0.15) is 11.8 Å². The lowest BCUT2D eigenvalue weighted by Gasteiger charge is -2.58. The molecule has 1 amide bonds. The molecule has 2 atom stereocenters. The first-order valence-electron chi connectivity index (χ1n) is 9.91. The molecule has 4 aliphatic rings. The van der Waals surface area contributed by atoms with Crippen molar-refractivity contribution in [3.8, 4) is 5.75 Å². The van der Waals surface area contributed by atoms with Gasteiger partial charge in [0.25, 0.3) is 0 Å². The first kappa shape index (κ1) is 18.3. The number of nitrogens with two attached hydrogens (primary N) is 1. The summed E-state index contributed by atoms with van der Waals surface area (Å²) in [4.78, 5) is 24.8. The summed E-state index contributed by atoms with van der Waals surface area (Å²) in [6.07, 6.45) is 6.69. The fourth-order valence-corrected chi connectivity index (χ4v) is 6.24. The largest absolute Gasteiger partial charge is 0.508 e. The molecule has 6 nitrogen and oxygen atoms in total. The van der Waals surface area contributed by atoms with Crippen LogP contribution in [-0.2, 0) is 16.0 Å². The third-order valence-electron chi connectivity index (χ3n) is 6.96. The number of carbonyl (C=O) groups is 2. The monoisotopic (exact) mass is 372 g/mol. The van der Waals surface area contributed by atoms with Crippen molar-refractivity contribution < 1.29 is 19.8 Å². The van der Waals surface area contributed by atoms with Gasteiger partial charge in [0.05, 0.1) is 6.04 Å². The normalized spacial score (nSPS) is 33.4. The Hall–Kier alpha value is -2.08. The Kier molecular flexibility index (Phi) is 4.62. The van der Waals surface area contributed by atoms with Crippen molar-refractivity contribution in [2.75, 3.05) is 0 Å². The van der Waals surface area contributed by atoms with E-state index in [4.69, 9.17) is 5.73 Å². The number of benzene rings is 1. The molecule has 27 heavy (non-hydrogen) atoms. The van der Waals surface area contributed by atoms with Gasteiger partial charge >= 0.3 is 5.97 Å². The zero-order chi connectivity index (χ0) is 19.2. The van der Waals surface area contributed by atoms with Crippen LogP contribution in [0.25, 0.3) is 0 Å². The minimum atomic E-state index is -0.942. The molecule has 0 saturated heterocycles. The second-order valence-electron chi connectivity index (χ2n) is 9.04. The number of rotatable bonds is 6. The third kappa shape index (κ3) is 3.55. The second-order valence-corrected chi connectivity index (χ2v) is 9.04. The summed E-state index contributed by atoms with van der Waals surface area (Å²) in [5.74, 6) is 0.639. The molecule has 6 heteroatoms. The maximum atomic E-state index is 12.7. The third-order valence-corrected chi connectivity index (χ3v) is 6.96. The zero-order valence-electron chi connectivity index (χ0n) is 15.4. The Bertz CT molecular complexity index is 695. The molecule has 0 heterocycles. The predicted octanol–water partition coefficient (Wildman–Crippen LogP) is 2.05. The highest BCUT2D eigenvalue weighted by Crippen LogP contribution is 2.61. The average Bonchev–Trinajstić information content (AvgIpc) is 2.59. The zero-order valence-corrected chi connectivity index (χ0v) is 15.4. The van der Waals surface area contributed by atoms with Crippen LogP contribution in [-0.4, -0.2) is 34.2 Å². The van der Waals surface area contributed by atoms with E-state index in [9.17, 15) is 19.8 Å². The summed E-state index contributed by atoms with van der Waals surface area (Å²) in [7, 11) is 0. The quantitative estimate of drug-likeness (QED) is 0.610. The summed E-state index contributed by atoms with van der Waals surface area (Å²) in [5.41, 5.74) is 6.58. The molecule has 4 bridgehead atoms. The molecular weight excluding hydrogens is 344 g/mol. The van der Waals surface area contributed by atoms with Gasteiger partial charge in [0, 0.05) is 5.41 Å². The number of carbonyl (C=O) groups excluding carboxylic acids is 1. The molecule has 0 unspecified atom stereocenters. The van der Waals surface area contributed by atoms with Crippen LogP contribution < -0.4 is 11.1 Å². The molecule has 5 N–H and O–H groups in total. The van der Waals surface area contributed by atoms with Crippen molar-refractivity contribution in [2.24, 2.45) is 28.9 Å². The molecule has 0 aromatic heterocycles. The number of aliphatic carboxylic acids is 1. The molecule has 0 spiro atoms. The molecule has 4 fully saturated rings. The van der Waals surface area contributed by atoms with E-state index in [1.165, 1.54) is 19.3 Å². The Morgan fingerprint density at radius 1 is 1.07 bits per heavy atom. The van der Waals surface area contributed by atoms with Crippen molar-refractivity contribution >= 4 is 11.9 Å². The second kappa shape index (κ2) is 6.82. The summed E-state index contributed by atoms with van der Waals surface area (Å²) in [6.45, 7) is 0. The number of amides is 1. The molecular formula is C21H28N2O4. The molecule has 4 saturated carbocycles. The Morgan fingerprint density at radius 3 is 2.07 bits per heavy atom. The van der Waals surface area contributed by atoms with Crippen LogP contribution in [0.15, 0.2) is 24.3 Å². The van der Waals surface area contributed by atoms with Gasteiger partial charge in [-0.2, -0.15) is 0 Å². The van der Waals surface area contributed by atoms with Crippen LogP contribution in [0.5, 0.6) is 5.75 Å². The minimum Gasteiger partial charge on any atom is -0.508 e. The van der Waals surface area contributed by atoms with E-state index in [1.807, 2.05) is 0 Å².